The molecule has 3 aromatic rings. The minimum absolute atomic E-state index is 0.164. The van der Waals surface area contributed by atoms with Crippen LogP contribution in [0.25, 0.3) is 5.69 Å². The number of carbonyl (C=O) groups is 1. The summed E-state index contributed by atoms with van der Waals surface area (Å²) in [5.74, 6) is -0.576. The van der Waals surface area contributed by atoms with Gasteiger partial charge >= 0.3 is 11.9 Å². The molecule has 0 aliphatic carbocycles. The van der Waals surface area contributed by atoms with Gasteiger partial charge in [0.2, 0.25) is 0 Å². The van der Waals surface area contributed by atoms with Crippen molar-refractivity contribution in [2.75, 3.05) is 0 Å². The Balaban J connectivity index is 2.06. The molecule has 32 heavy (non-hydrogen) atoms. The molecule has 0 aliphatic heterocycles. The van der Waals surface area contributed by atoms with Gasteiger partial charge < -0.3 is 4.57 Å². The van der Waals surface area contributed by atoms with Crippen LogP contribution in [0.2, 0.25) is 0 Å². The predicted octanol–water partition coefficient (Wildman–Crippen LogP) is 3.21. The number of halogens is 3. The number of ketones is 1. The van der Waals surface area contributed by atoms with Gasteiger partial charge in [-0.1, -0.05) is 6.07 Å². The SMILES string of the molecule is CCn1cc(C#N)c(=O)n(CC(=O)c2cc(C)n(-c3cccc(C(F)(F)F)c3)c2C)c1=O. The van der Waals surface area contributed by atoms with Gasteiger partial charge in [0.1, 0.15) is 11.6 Å². The summed E-state index contributed by atoms with van der Waals surface area (Å²) in [6, 6.07) is 7.91. The summed E-state index contributed by atoms with van der Waals surface area (Å²) in [6.45, 7) is 4.46. The van der Waals surface area contributed by atoms with Crippen molar-refractivity contribution in [1.82, 2.24) is 13.7 Å². The molecule has 0 aliphatic rings. The van der Waals surface area contributed by atoms with Gasteiger partial charge in [0.05, 0.1) is 12.1 Å². The zero-order chi connectivity index (χ0) is 23.8. The highest BCUT2D eigenvalue weighted by atomic mass is 19.4. The number of Topliss-reactive ketones (excluding diaryl/α,β-unsaturated/α-hetero) is 1. The van der Waals surface area contributed by atoms with Gasteiger partial charge in [0.25, 0.3) is 5.56 Å². The van der Waals surface area contributed by atoms with E-state index in [0.29, 0.717) is 16.0 Å². The van der Waals surface area contributed by atoms with Crippen molar-refractivity contribution >= 4 is 5.78 Å². The molecular weight excluding hydrogens is 425 g/mol. The first-order valence-corrected chi connectivity index (χ1v) is 9.63. The van der Waals surface area contributed by atoms with Crippen molar-refractivity contribution in [3.05, 3.63) is 85.4 Å². The molecule has 0 N–H and O–H groups in total. The first-order chi connectivity index (χ1) is 15.0. The number of benzene rings is 1. The molecule has 2 heterocycles. The van der Waals surface area contributed by atoms with Crippen LogP contribution in [0.4, 0.5) is 13.2 Å². The van der Waals surface area contributed by atoms with Crippen molar-refractivity contribution in [3.63, 3.8) is 0 Å². The zero-order valence-electron chi connectivity index (χ0n) is 17.5. The highest BCUT2D eigenvalue weighted by Crippen LogP contribution is 2.31. The average molecular weight is 444 g/mol. The summed E-state index contributed by atoms with van der Waals surface area (Å²) in [7, 11) is 0. The lowest BCUT2D eigenvalue weighted by Crippen LogP contribution is -2.42. The topological polar surface area (TPSA) is 89.8 Å². The van der Waals surface area contributed by atoms with Crippen LogP contribution in [0, 0.1) is 25.2 Å². The highest BCUT2D eigenvalue weighted by Gasteiger charge is 2.31. The van der Waals surface area contributed by atoms with E-state index >= 15 is 0 Å². The molecule has 0 radical (unpaired) electrons. The number of aryl methyl sites for hydroxylation is 2. The molecule has 1 aromatic carbocycles. The van der Waals surface area contributed by atoms with E-state index in [0.717, 1.165) is 22.9 Å². The number of rotatable bonds is 5. The van der Waals surface area contributed by atoms with Crippen molar-refractivity contribution < 1.29 is 18.0 Å². The van der Waals surface area contributed by atoms with Crippen molar-refractivity contribution in [2.24, 2.45) is 0 Å². The molecule has 0 saturated carbocycles. The first kappa shape index (κ1) is 22.8. The Hall–Kier alpha value is -3.87. The fourth-order valence-electron chi connectivity index (χ4n) is 3.59. The molecule has 0 saturated heterocycles. The second-order valence-electron chi connectivity index (χ2n) is 7.21. The number of hydrogen-bond donors (Lipinski definition) is 0. The second-order valence-corrected chi connectivity index (χ2v) is 7.21. The zero-order valence-corrected chi connectivity index (χ0v) is 17.5. The van der Waals surface area contributed by atoms with Crippen LogP contribution in [0.5, 0.6) is 0 Å². The van der Waals surface area contributed by atoms with Gasteiger partial charge in [-0.3, -0.25) is 18.7 Å². The lowest BCUT2D eigenvalue weighted by Gasteiger charge is -2.13. The Morgan fingerprint density at radius 1 is 1.16 bits per heavy atom. The number of alkyl halides is 3. The Bertz CT molecular complexity index is 1370. The minimum atomic E-state index is -4.52. The van der Waals surface area contributed by atoms with Crippen LogP contribution in [-0.2, 0) is 19.3 Å². The number of nitrogens with zero attached hydrogens (tertiary/aromatic N) is 4. The molecule has 0 spiro atoms. The van der Waals surface area contributed by atoms with E-state index in [9.17, 15) is 27.6 Å². The van der Waals surface area contributed by atoms with Crippen LogP contribution in [-0.4, -0.2) is 19.5 Å². The molecule has 0 bridgehead atoms. The van der Waals surface area contributed by atoms with Gasteiger partial charge in [-0.2, -0.15) is 18.4 Å². The van der Waals surface area contributed by atoms with Crippen LogP contribution in [0.15, 0.2) is 46.1 Å². The summed E-state index contributed by atoms with van der Waals surface area (Å²) in [6.07, 6.45) is -3.37. The van der Waals surface area contributed by atoms with Gasteiger partial charge in [0.15, 0.2) is 5.78 Å². The van der Waals surface area contributed by atoms with E-state index < -0.39 is 35.3 Å². The van der Waals surface area contributed by atoms with Gasteiger partial charge in [0, 0.05) is 35.4 Å². The lowest BCUT2D eigenvalue weighted by atomic mass is 10.1. The Labute approximate surface area is 180 Å². The maximum atomic E-state index is 13.1. The van der Waals surface area contributed by atoms with E-state index in [2.05, 4.69) is 0 Å². The first-order valence-electron chi connectivity index (χ1n) is 9.63. The summed E-state index contributed by atoms with van der Waals surface area (Å²) >= 11 is 0. The molecule has 7 nitrogen and oxygen atoms in total. The highest BCUT2D eigenvalue weighted by molar-refractivity contribution is 5.97. The number of hydrogen-bond acceptors (Lipinski definition) is 4. The van der Waals surface area contributed by atoms with Crippen LogP contribution in [0.1, 0.15) is 39.8 Å². The van der Waals surface area contributed by atoms with Crippen molar-refractivity contribution in [3.8, 4) is 11.8 Å². The maximum Gasteiger partial charge on any atom is 0.416 e. The molecule has 0 fully saturated rings. The quantitative estimate of drug-likeness (QED) is 0.565. The Morgan fingerprint density at radius 2 is 1.84 bits per heavy atom. The van der Waals surface area contributed by atoms with Gasteiger partial charge in [-0.25, -0.2) is 4.79 Å². The standard InChI is InChI=1S/C22H19F3N4O3/c1-4-27-11-15(10-26)20(31)28(21(27)32)12-19(30)18-8-13(2)29(14(18)3)17-7-5-6-16(9-17)22(23,24)25/h5-9,11H,4,12H2,1-3H3. The molecule has 2 aromatic heterocycles. The van der Waals surface area contributed by atoms with E-state index in [4.69, 9.17) is 5.26 Å². The largest absolute Gasteiger partial charge is 0.416 e. The van der Waals surface area contributed by atoms with Crippen LogP contribution >= 0.6 is 0 Å². The fourth-order valence-corrected chi connectivity index (χ4v) is 3.59. The van der Waals surface area contributed by atoms with Crippen LogP contribution < -0.4 is 11.2 Å². The van der Waals surface area contributed by atoms with Crippen LogP contribution in [0.3, 0.4) is 0 Å². The molecule has 0 unspecified atom stereocenters. The molecule has 0 atom stereocenters. The number of nitriles is 1. The smallest absolute Gasteiger partial charge is 0.318 e. The second kappa shape index (κ2) is 8.34. The summed E-state index contributed by atoms with van der Waals surface area (Å²) < 4.78 is 42.7. The number of carbonyl (C=O) groups excluding carboxylic acids is 1. The number of aromatic nitrogens is 3. The third kappa shape index (κ3) is 4.01. The van der Waals surface area contributed by atoms with E-state index in [1.54, 1.807) is 26.8 Å². The summed E-state index contributed by atoms with van der Waals surface area (Å²) in [4.78, 5) is 37.9. The normalized spacial score (nSPS) is 11.4. The fraction of sp³-hybridized carbons (Fsp3) is 0.273. The molecule has 0 amide bonds. The summed E-state index contributed by atoms with van der Waals surface area (Å²) in [5.41, 5.74) is -1.42. The minimum Gasteiger partial charge on any atom is -0.318 e. The third-order valence-corrected chi connectivity index (χ3v) is 5.16. The monoisotopic (exact) mass is 444 g/mol. The average Bonchev–Trinajstić information content (AvgIpc) is 3.04. The maximum absolute atomic E-state index is 13.1. The third-order valence-electron chi connectivity index (χ3n) is 5.16. The molecular formula is C22H19F3N4O3. The lowest BCUT2D eigenvalue weighted by molar-refractivity contribution is -0.137. The summed E-state index contributed by atoms with van der Waals surface area (Å²) in [5, 5.41) is 9.15. The molecule has 10 heteroatoms. The van der Waals surface area contributed by atoms with E-state index in [1.165, 1.54) is 22.8 Å². The van der Waals surface area contributed by atoms with Crippen molar-refractivity contribution in [1.29, 1.82) is 5.26 Å². The Kier molecular flexibility index (Phi) is 5.94. The van der Waals surface area contributed by atoms with E-state index in [1.807, 2.05) is 0 Å². The molecule has 3 rings (SSSR count). The predicted molar refractivity (Wildman–Crippen MR) is 110 cm³/mol. The Morgan fingerprint density at radius 3 is 2.44 bits per heavy atom. The van der Waals surface area contributed by atoms with Gasteiger partial charge in [-0.15, -0.1) is 0 Å². The molecule has 166 valence electrons. The van der Waals surface area contributed by atoms with Crippen molar-refractivity contribution in [2.45, 2.75) is 40.0 Å². The van der Waals surface area contributed by atoms with E-state index in [-0.39, 0.29) is 23.4 Å². The van der Waals surface area contributed by atoms with Gasteiger partial charge in [-0.05, 0) is 45.0 Å².